The van der Waals surface area contributed by atoms with Gasteiger partial charge in [-0.25, -0.2) is 4.99 Å². The lowest BCUT2D eigenvalue weighted by Crippen LogP contribution is -2.38. The summed E-state index contributed by atoms with van der Waals surface area (Å²) in [5.41, 5.74) is 2.39. The number of rotatable bonds is 6. The summed E-state index contributed by atoms with van der Waals surface area (Å²) in [5.74, 6) is 0.908. The molecule has 0 amide bonds. The molecule has 0 radical (unpaired) electrons. The van der Waals surface area contributed by atoms with E-state index in [4.69, 9.17) is 4.99 Å². The van der Waals surface area contributed by atoms with Crippen molar-refractivity contribution in [3.05, 3.63) is 47.8 Å². The van der Waals surface area contributed by atoms with E-state index in [0.717, 1.165) is 24.6 Å². The maximum absolute atomic E-state index is 4.70. The second-order valence-corrected chi connectivity index (χ2v) is 6.28. The number of thioether (sulfide) groups is 1. The average molecular weight is 331 g/mol. The molecular weight excluding hydrogens is 306 g/mol. The van der Waals surface area contributed by atoms with Crippen LogP contribution < -0.4 is 5.32 Å². The van der Waals surface area contributed by atoms with Crippen molar-refractivity contribution in [1.29, 1.82) is 0 Å². The third-order valence-electron chi connectivity index (χ3n) is 3.45. The number of aryl methyl sites for hydroxylation is 1. The van der Waals surface area contributed by atoms with Crippen molar-refractivity contribution in [2.75, 3.05) is 19.8 Å². The number of nitrogens with zero attached hydrogens (tertiary/aromatic N) is 4. The average Bonchev–Trinajstić information content (AvgIpc) is 2.97. The molecule has 0 fully saturated rings. The zero-order chi connectivity index (χ0) is 16.7. The number of nitrogens with one attached hydrogen (secondary N) is 1. The molecule has 0 bridgehead atoms. The van der Waals surface area contributed by atoms with Crippen LogP contribution in [0.5, 0.6) is 0 Å². The minimum absolute atomic E-state index is 0.631. The van der Waals surface area contributed by atoms with Gasteiger partial charge in [0.2, 0.25) is 0 Å². The maximum Gasteiger partial charge on any atom is 0.194 e. The maximum atomic E-state index is 4.70. The van der Waals surface area contributed by atoms with Gasteiger partial charge in [-0.3, -0.25) is 4.68 Å². The van der Waals surface area contributed by atoms with Crippen molar-refractivity contribution in [3.8, 4) is 0 Å². The molecule has 1 heterocycles. The van der Waals surface area contributed by atoms with Crippen LogP contribution in [0.1, 0.15) is 18.1 Å². The Bertz CT molecular complexity index is 633. The molecule has 2 aromatic rings. The van der Waals surface area contributed by atoms with E-state index in [2.05, 4.69) is 59.8 Å². The molecular formula is C17H25N5S. The molecule has 0 unspecified atom stereocenters. The van der Waals surface area contributed by atoms with Crippen molar-refractivity contribution in [3.63, 3.8) is 0 Å². The van der Waals surface area contributed by atoms with E-state index in [1.807, 2.05) is 19.4 Å². The molecule has 0 aliphatic carbocycles. The van der Waals surface area contributed by atoms with Crippen molar-refractivity contribution in [1.82, 2.24) is 20.0 Å². The highest BCUT2D eigenvalue weighted by Gasteiger charge is 2.07. The Morgan fingerprint density at radius 3 is 2.61 bits per heavy atom. The fourth-order valence-corrected chi connectivity index (χ4v) is 2.68. The predicted molar refractivity (Wildman–Crippen MR) is 97.7 cm³/mol. The third-order valence-corrected chi connectivity index (χ3v) is 4.19. The molecule has 23 heavy (non-hydrogen) atoms. The molecule has 1 aromatic carbocycles. The third kappa shape index (κ3) is 5.32. The lowest BCUT2D eigenvalue weighted by Gasteiger charge is -2.22. The lowest BCUT2D eigenvalue weighted by molar-refractivity contribution is 0.476. The van der Waals surface area contributed by atoms with Crippen molar-refractivity contribution in [2.24, 2.45) is 12.0 Å². The van der Waals surface area contributed by atoms with Gasteiger partial charge in [-0.1, -0.05) is 12.1 Å². The fourth-order valence-electron chi connectivity index (χ4n) is 2.27. The molecule has 0 atom stereocenters. The number of aliphatic imine (C=N–C) groups is 1. The standard InChI is InChI=1S/C17H25N5S/c1-5-18-17(19-10-15-11-20-22(3)13-15)21(2)12-14-6-8-16(23-4)9-7-14/h6-9,11,13H,5,10,12H2,1-4H3,(H,18,19). The number of hydrogen-bond acceptors (Lipinski definition) is 3. The van der Waals surface area contributed by atoms with E-state index in [1.54, 1.807) is 16.4 Å². The largest absolute Gasteiger partial charge is 0.357 e. The predicted octanol–water partition coefficient (Wildman–Crippen LogP) is 2.74. The van der Waals surface area contributed by atoms with Crippen LogP contribution in [0, 0.1) is 0 Å². The molecule has 1 N–H and O–H groups in total. The van der Waals surface area contributed by atoms with Gasteiger partial charge in [-0.15, -0.1) is 11.8 Å². The molecule has 0 aliphatic rings. The monoisotopic (exact) mass is 331 g/mol. The molecule has 0 aliphatic heterocycles. The second-order valence-electron chi connectivity index (χ2n) is 5.40. The van der Waals surface area contributed by atoms with Gasteiger partial charge in [-0.05, 0) is 30.9 Å². The summed E-state index contributed by atoms with van der Waals surface area (Å²) < 4.78 is 1.80. The summed E-state index contributed by atoms with van der Waals surface area (Å²) in [5, 5.41) is 7.53. The Kier molecular flexibility index (Phi) is 6.52. The molecule has 0 spiro atoms. The minimum Gasteiger partial charge on any atom is -0.357 e. The van der Waals surface area contributed by atoms with Gasteiger partial charge in [0.1, 0.15) is 0 Å². The molecule has 0 saturated heterocycles. The topological polar surface area (TPSA) is 45.5 Å². The second kappa shape index (κ2) is 8.62. The van der Waals surface area contributed by atoms with Gasteiger partial charge < -0.3 is 10.2 Å². The van der Waals surface area contributed by atoms with E-state index in [1.165, 1.54) is 10.5 Å². The highest BCUT2D eigenvalue weighted by molar-refractivity contribution is 7.98. The highest BCUT2D eigenvalue weighted by Crippen LogP contribution is 2.15. The van der Waals surface area contributed by atoms with Crippen LogP contribution in [-0.4, -0.2) is 40.5 Å². The normalized spacial score (nSPS) is 11.6. The first-order chi connectivity index (χ1) is 11.1. The fraction of sp³-hybridized carbons (Fsp3) is 0.412. The quantitative estimate of drug-likeness (QED) is 0.502. The summed E-state index contributed by atoms with van der Waals surface area (Å²) >= 11 is 1.76. The summed E-state index contributed by atoms with van der Waals surface area (Å²) in [7, 11) is 3.98. The van der Waals surface area contributed by atoms with E-state index in [-0.39, 0.29) is 0 Å². The van der Waals surface area contributed by atoms with Crippen LogP contribution in [0.25, 0.3) is 0 Å². The number of hydrogen-bond donors (Lipinski definition) is 1. The Morgan fingerprint density at radius 2 is 2.04 bits per heavy atom. The number of guanidine groups is 1. The number of benzene rings is 1. The molecule has 2 rings (SSSR count). The Labute approximate surface area is 142 Å². The van der Waals surface area contributed by atoms with Gasteiger partial charge in [-0.2, -0.15) is 5.10 Å². The Balaban J connectivity index is 2.02. The minimum atomic E-state index is 0.631. The summed E-state index contributed by atoms with van der Waals surface area (Å²) in [6, 6.07) is 8.67. The van der Waals surface area contributed by atoms with Gasteiger partial charge in [0, 0.05) is 43.8 Å². The van der Waals surface area contributed by atoms with E-state index < -0.39 is 0 Å². The van der Waals surface area contributed by atoms with Crippen molar-refractivity contribution >= 4 is 17.7 Å². The molecule has 6 heteroatoms. The van der Waals surface area contributed by atoms with Gasteiger partial charge in [0.15, 0.2) is 5.96 Å². The van der Waals surface area contributed by atoms with E-state index in [9.17, 15) is 0 Å². The highest BCUT2D eigenvalue weighted by atomic mass is 32.2. The molecule has 5 nitrogen and oxygen atoms in total. The lowest BCUT2D eigenvalue weighted by atomic mass is 10.2. The first kappa shape index (κ1) is 17.4. The molecule has 1 aromatic heterocycles. The van der Waals surface area contributed by atoms with Gasteiger partial charge in [0.05, 0.1) is 12.7 Å². The van der Waals surface area contributed by atoms with Crippen LogP contribution in [0.4, 0.5) is 0 Å². The van der Waals surface area contributed by atoms with Crippen LogP contribution in [0.15, 0.2) is 46.5 Å². The van der Waals surface area contributed by atoms with E-state index >= 15 is 0 Å². The zero-order valence-corrected chi connectivity index (χ0v) is 15.1. The van der Waals surface area contributed by atoms with E-state index in [0.29, 0.717) is 6.54 Å². The number of aromatic nitrogens is 2. The van der Waals surface area contributed by atoms with Crippen molar-refractivity contribution in [2.45, 2.75) is 24.9 Å². The van der Waals surface area contributed by atoms with Gasteiger partial charge >= 0.3 is 0 Å². The zero-order valence-electron chi connectivity index (χ0n) is 14.3. The Hall–Kier alpha value is -1.95. The Morgan fingerprint density at radius 1 is 1.30 bits per heavy atom. The summed E-state index contributed by atoms with van der Waals surface area (Å²) in [6.07, 6.45) is 5.94. The SMILES string of the molecule is CCNC(=NCc1cnn(C)c1)N(C)Cc1ccc(SC)cc1. The van der Waals surface area contributed by atoms with Crippen LogP contribution >= 0.6 is 11.8 Å². The van der Waals surface area contributed by atoms with Crippen LogP contribution in [0.3, 0.4) is 0 Å². The first-order valence-corrected chi connectivity index (χ1v) is 8.94. The van der Waals surface area contributed by atoms with Crippen LogP contribution in [-0.2, 0) is 20.1 Å². The molecule has 0 saturated carbocycles. The summed E-state index contributed by atoms with van der Waals surface area (Å²) in [4.78, 5) is 8.13. The van der Waals surface area contributed by atoms with Gasteiger partial charge in [0.25, 0.3) is 0 Å². The first-order valence-electron chi connectivity index (χ1n) is 7.72. The van der Waals surface area contributed by atoms with Crippen LogP contribution in [0.2, 0.25) is 0 Å². The smallest absolute Gasteiger partial charge is 0.194 e. The summed E-state index contributed by atoms with van der Waals surface area (Å²) in [6.45, 7) is 4.39. The molecule has 124 valence electrons. The van der Waals surface area contributed by atoms with Crippen molar-refractivity contribution < 1.29 is 0 Å².